The topological polar surface area (TPSA) is 41.5 Å². The average molecular weight is 259 g/mol. The second-order valence-corrected chi connectivity index (χ2v) is 5.42. The first-order valence-corrected chi connectivity index (χ1v) is 7.62. The van der Waals surface area contributed by atoms with Gasteiger partial charge in [0.2, 0.25) is 0 Å². The number of nitrogens with one attached hydrogen (secondary N) is 1. The summed E-state index contributed by atoms with van der Waals surface area (Å²) in [5.41, 5.74) is -0.182. The summed E-state index contributed by atoms with van der Waals surface area (Å²) in [4.78, 5) is 0. The molecule has 0 radical (unpaired) electrons. The van der Waals surface area contributed by atoms with Gasteiger partial charge in [0, 0.05) is 18.8 Å². The van der Waals surface area contributed by atoms with Crippen molar-refractivity contribution >= 4 is 0 Å². The standard InChI is InChI=1S/C15H33NO2/c1-4-6-7-8-9-12-18-13-10-15(3,14-17)16-11-5-2/h16-17H,4-14H2,1-3H3. The van der Waals surface area contributed by atoms with Crippen molar-refractivity contribution in [3.63, 3.8) is 0 Å². The van der Waals surface area contributed by atoms with Crippen LogP contribution in [0.5, 0.6) is 0 Å². The molecule has 0 saturated heterocycles. The summed E-state index contributed by atoms with van der Waals surface area (Å²) < 4.78 is 5.64. The number of aliphatic hydroxyl groups is 1. The van der Waals surface area contributed by atoms with E-state index in [-0.39, 0.29) is 12.1 Å². The zero-order valence-electron chi connectivity index (χ0n) is 12.6. The minimum atomic E-state index is -0.182. The van der Waals surface area contributed by atoms with E-state index in [1.807, 2.05) is 0 Å². The van der Waals surface area contributed by atoms with E-state index in [0.29, 0.717) is 0 Å². The lowest BCUT2D eigenvalue weighted by Gasteiger charge is -2.28. The zero-order chi connectivity index (χ0) is 13.7. The fourth-order valence-corrected chi connectivity index (χ4v) is 1.86. The molecule has 0 heterocycles. The molecule has 0 aliphatic rings. The van der Waals surface area contributed by atoms with E-state index in [1.54, 1.807) is 0 Å². The zero-order valence-corrected chi connectivity index (χ0v) is 12.6. The monoisotopic (exact) mass is 259 g/mol. The van der Waals surface area contributed by atoms with Crippen LogP contribution in [0.3, 0.4) is 0 Å². The molecule has 0 bridgehead atoms. The summed E-state index contributed by atoms with van der Waals surface area (Å²) in [5, 5.41) is 12.8. The van der Waals surface area contributed by atoms with Gasteiger partial charge in [-0.05, 0) is 32.7 Å². The Balaban J connectivity index is 3.44. The van der Waals surface area contributed by atoms with Gasteiger partial charge < -0.3 is 15.2 Å². The molecule has 0 aliphatic heterocycles. The molecule has 3 nitrogen and oxygen atoms in total. The summed E-state index contributed by atoms with van der Waals surface area (Å²) >= 11 is 0. The fourth-order valence-electron chi connectivity index (χ4n) is 1.86. The van der Waals surface area contributed by atoms with Crippen molar-refractivity contribution in [3.05, 3.63) is 0 Å². The van der Waals surface area contributed by atoms with E-state index in [9.17, 15) is 5.11 Å². The van der Waals surface area contributed by atoms with Crippen LogP contribution in [0.2, 0.25) is 0 Å². The van der Waals surface area contributed by atoms with Crippen LogP contribution >= 0.6 is 0 Å². The lowest BCUT2D eigenvalue weighted by atomic mass is 9.99. The predicted molar refractivity (Wildman–Crippen MR) is 78.0 cm³/mol. The SMILES string of the molecule is CCCCCCCOCCC(C)(CO)NCCC. The maximum Gasteiger partial charge on any atom is 0.0611 e. The lowest BCUT2D eigenvalue weighted by Crippen LogP contribution is -2.46. The Morgan fingerprint density at radius 3 is 2.33 bits per heavy atom. The van der Waals surface area contributed by atoms with Gasteiger partial charge >= 0.3 is 0 Å². The van der Waals surface area contributed by atoms with Gasteiger partial charge in [0.25, 0.3) is 0 Å². The molecule has 0 aromatic heterocycles. The van der Waals surface area contributed by atoms with E-state index in [0.717, 1.165) is 39.0 Å². The molecule has 2 N–H and O–H groups in total. The molecule has 0 saturated carbocycles. The molecule has 1 unspecified atom stereocenters. The molecule has 0 aliphatic carbocycles. The molecule has 1 atom stereocenters. The number of rotatable bonds is 13. The van der Waals surface area contributed by atoms with Crippen molar-refractivity contribution in [2.24, 2.45) is 0 Å². The van der Waals surface area contributed by atoms with E-state index >= 15 is 0 Å². The third-order valence-electron chi connectivity index (χ3n) is 3.34. The first kappa shape index (κ1) is 17.9. The van der Waals surface area contributed by atoms with E-state index < -0.39 is 0 Å². The smallest absolute Gasteiger partial charge is 0.0611 e. The third kappa shape index (κ3) is 9.86. The highest BCUT2D eigenvalue weighted by Crippen LogP contribution is 2.09. The fraction of sp³-hybridized carbons (Fsp3) is 1.00. The summed E-state index contributed by atoms with van der Waals surface area (Å²) in [7, 11) is 0. The number of hydrogen-bond donors (Lipinski definition) is 2. The van der Waals surface area contributed by atoms with Crippen molar-refractivity contribution in [2.45, 2.75) is 71.3 Å². The minimum Gasteiger partial charge on any atom is -0.394 e. The van der Waals surface area contributed by atoms with Crippen molar-refractivity contribution in [1.29, 1.82) is 0 Å². The predicted octanol–water partition coefficient (Wildman–Crippen LogP) is 3.11. The molecule has 0 fully saturated rings. The second kappa shape index (κ2) is 11.9. The number of unbranched alkanes of at least 4 members (excludes halogenated alkanes) is 4. The Morgan fingerprint density at radius 1 is 1.00 bits per heavy atom. The maximum absolute atomic E-state index is 9.39. The van der Waals surface area contributed by atoms with Crippen LogP contribution in [-0.2, 0) is 4.74 Å². The van der Waals surface area contributed by atoms with E-state index in [2.05, 4.69) is 26.1 Å². The summed E-state index contributed by atoms with van der Waals surface area (Å²) in [6.07, 6.45) is 8.36. The molecule has 18 heavy (non-hydrogen) atoms. The van der Waals surface area contributed by atoms with Gasteiger partial charge in [-0.15, -0.1) is 0 Å². The minimum absolute atomic E-state index is 0.173. The van der Waals surface area contributed by atoms with Crippen molar-refractivity contribution in [2.75, 3.05) is 26.4 Å². The number of aliphatic hydroxyl groups excluding tert-OH is 1. The van der Waals surface area contributed by atoms with Gasteiger partial charge in [-0.2, -0.15) is 0 Å². The highest BCUT2D eigenvalue weighted by atomic mass is 16.5. The molecule has 0 amide bonds. The first-order valence-electron chi connectivity index (χ1n) is 7.62. The second-order valence-electron chi connectivity index (χ2n) is 5.42. The Hall–Kier alpha value is -0.120. The Kier molecular flexibility index (Phi) is 11.9. The average Bonchev–Trinajstić information content (AvgIpc) is 2.39. The molecular formula is C15H33NO2. The van der Waals surface area contributed by atoms with E-state index in [1.165, 1.54) is 25.7 Å². The number of hydrogen-bond acceptors (Lipinski definition) is 3. The maximum atomic E-state index is 9.39. The number of ether oxygens (including phenoxy) is 1. The molecule has 0 spiro atoms. The van der Waals surface area contributed by atoms with Crippen LogP contribution < -0.4 is 5.32 Å². The van der Waals surface area contributed by atoms with Crippen molar-refractivity contribution in [3.8, 4) is 0 Å². The Morgan fingerprint density at radius 2 is 1.72 bits per heavy atom. The van der Waals surface area contributed by atoms with Gasteiger partial charge in [0.1, 0.15) is 0 Å². The normalized spacial score (nSPS) is 14.7. The molecule has 0 aromatic rings. The van der Waals surface area contributed by atoms with Crippen molar-refractivity contribution in [1.82, 2.24) is 5.32 Å². The van der Waals surface area contributed by atoms with Crippen molar-refractivity contribution < 1.29 is 9.84 Å². The summed E-state index contributed by atoms with van der Waals surface area (Å²) in [6.45, 7) is 9.15. The van der Waals surface area contributed by atoms with Crippen LogP contribution in [0, 0.1) is 0 Å². The highest BCUT2D eigenvalue weighted by Gasteiger charge is 2.21. The Bertz CT molecular complexity index is 176. The third-order valence-corrected chi connectivity index (χ3v) is 3.34. The van der Waals surface area contributed by atoms with Crippen LogP contribution in [0.4, 0.5) is 0 Å². The van der Waals surface area contributed by atoms with Gasteiger partial charge in [-0.3, -0.25) is 0 Å². The molecular weight excluding hydrogens is 226 g/mol. The van der Waals surface area contributed by atoms with Gasteiger partial charge in [0.05, 0.1) is 6.61 Å². The Labute approximate surface area is 113 Å². The van der Waals surface area contributed by atoms with Gasteiger partial charge in [-0.1, -0.05) is 39.5 Å². The molecule has 3 heteroatoms. The molecule has 0 aromatic carbocycles. The quantitative estimate of drug-likeness (QED) is 0.499. The van der Waals surface area contributed by atoms with Crippen LogP contribution in [0.15, 0.2) is 0 Å². The highest BCUT2D eigenvalue weighted by molar-refractivity contribution is 4.81. The van der Waals surface area contributed by atoms with Gasteiger partial charge in [-0.25, -0.2) is 0 Å². The van der Waals surface area contributed by atoms with Gasteiger partial charge in [0.15, 0.2) is 0 Å². The summed E-state index contributed by atoms with van der Waals surface area (Å²) in [6, 6.07) is 0. The molecule has 110 valence electrons. The lowest BCUT2D eigenvalue weighted by molar-refractivity contribution is 0.0848. The largest absolute Gasteiger partial charge is 0.394 e. The van der Waals surface area contributed by atoms with Crippen LogP contribution in [0.25, 0.3) is 0 Å². The first-order chi connectivity index (χ1) is 8.68. The van der Waals surface area contributed by atoms with E-state index in [4.69, 9.17) is 4.74 Å². The summed E-state index contributed by atoms with van der Waals surface area (Å²) in [5.74, 6) is 0. The van der Waals surface area contributed by atoms with Crippen LogP contribution in [0.1, 0.15) is 65.7 Å². The van der Waals surface area contributed by atoms with Crippen LogP contribution in [-0.4, -0.2) is 37.0 Å². The molecule has 0 rings (SSSR count).